The Balaban J connectivity index is 2.27. The Morgan fingerprint density at radius 2 is 2.04 bits per heavy atom. The number of ether oxygens (including phenoxy) is 1. The molecule has 2 aromatic rings. The summed E-state index contributed by atoms with van der Waals surface area (Å²) in [6, 6.07) is 10.9. The van der Waals surface area contributed by atoms with Crippen molar-refractivity contribution >= 4 is 28.5 Å². The number of hydrogen-bond donors (Lipinski definition) is 2. The number of benzene rings is 2. The maximum atomic E-state index is 12.0. The number of esters is 1. The molecule has 2 amide bonds. The molecule has 2 rings (SSSR count). The lowest BCUT2D eigenvalue weighted by molar-refractivity contribution is -0.141. The van der Waals surface area contributed by atoms with Crippen molar-refractivity contribution in [3.63, 3.8) is 0 Å². The molecule has 0 saturated heterocycles. The quantitative estimate of drug-likeness (QED) is 0.849. The second-order valence-corrected chi connectivity index (χ2v) is 4.89. The summed E-state index contributed by atoms with van der Waals surface area (Å²) in [7, 11) is 0. The molecule has 0 saturated carbocycles. The average Bonchev–Trinajstić information content (AvgIpc) is 2.53. The normalized spacial score (nSPS) is 9.96. The van der Waals surface area contributed by atoms with E-state index in [9.17, 15) is 14.9 Å². The lowest BCUT2D eigenvalue weighted by atomic mass is 9.99. The second-order valence-electron chi connectivity index (χ2n) is 4.89. The van der Waals surface area contributed by atoms with Crippen LogP contribution in [0.15, 0.2) is 30.3 Å². The number of fused-ring (bicyclic) bond motifs is 1. The molecule has 0 atom stereocenters. The van der Waals surface area contributed by atoms with E-state index in [0.29, 0.717) is 11.3 Å². The van der Waals surface area contributed by atoms with Crippen LogP contribution in [0.5, 0.6) is 0 Å². The monoisotopic (exact) mass is 311 g/mol. The largest absolute Gasteiger partial charge is 0.465 e. The van der Waals surface area contributed by atoms with Crippen molar-refractivity contribution in [3.05, 3.63) is 41.5 Å². The number of carbonyl (C=O) groups excluding carboxylic acids is 2. The van der Waals surface area contributed by atoms with E-state index < -0.39 is 12.0 Å². The van der Waals surface area contributed by atoms with Crippen LogP contribution < -0.4 is 10.6 Å². The van der Waals surface area contributed by atoms with Gasteiger partial charge in [0.05, 0.1) is 17.9 Å². The Morgan fingerprint density at radius 1 is 1.30 bits per heavy atom. The number of rotatable bonds is 4. The number of nitrogens with zero attached hydrogens (tertiary/aromatic N) is 1. The van der Waals surface area contributed by atoms with Gasteiger partial charge in [-0.3, -0.25) is 4.79 Å². The minimum absolute atomic E-state index is 0.231. The number of carbonyl (C=O) groups is 2. The van der Waals surface area contributed by atoms with Gasteiger partial charge in [-0.25, -0.2) is 4.79 Å². The molecule has 0 radical (unpaired) electrons. The number of nitrogens with one attached hydrogen (secondary N) is 2. The van der Waals surface area contributed by atoms with Crippen molar-refractivity contribution in [3.8, 4) is 6.07 Å². The molecule has 0 heterocycles. The molecular formula is C17H17N3O3. The van der Waals surface area contributed by atoms with Gasteiger partial charge in [-0.1, -0.05) is 24.3 Å². The van der Waals surface area contributed by atoms with Gasteiger partial charge in [-0.05, 0) is 30.9 Å². The Morgan fingerprint density at radius 3 is 2.74 bits per heavy atom. The Bertz CT molecular complexity index is 794. The van der Waals surface area contributed by atoms with E-state index in [1.54, 1.807) is 6.92 Å². The summed E-state index contributed by atoms with van der Waals surface area (Å²) < 4.78 is 4.74. The van der Waals surface area contributed by atoms with E-state index in [0.717, 1.165) is 16.3 Å². The van der Waals surface area contributed by atoms with E-state index in [4.69, 9.17) is 4.74 Å². The molecule has 0 aliphatic heterocycles. The Labute approximate surface area is 134 Å². The van der Waals surface area contributed by atoms with Gasteiger partial charge in [0.15, 0.2) is 0 Å². The first-order chi connectivity index (χ1) is 11.1. The fraction of sp³-hybridized carbons (Fsp3) is 0.235. The van der Waals surface area contributed by atoms with Crippen molar-refractivity contribution in [2.24, 2.45) is 0 Å². The van der Waals surface area contributed by atoms with E-state index in [2.05, 4.69) is 16.7 Å². The number of nitriles is 1. The van der Waals surface area contributed by atoms with Crippen molar-refractivity contribution in [2.45, 2.75) is 13.8 Å². The van der Waals surface area contributed by atoms with Crippen molar-refractivity contribution in [1.29, 1.82) is 5.26 Å². The molecule has 23 heavy (non-hydrogen) atoms. The van der Waals surface area contributed by atoms with Gasteiger partial charge >= 0.3 is 12.0 Å². The summed E-state index contributed by atoms with van der Waals surface area (Å²) in [4.78, 5) is 23.3. The zero-order valence-corrected chi connectivity index (χ0v) is 13.0. The predicted molar refractivity (Wildman–Crippen MR) is 87.1 cm³/mol. The lowest BCUT2D eigenvalue weighted by Crippen LogP contribution is -2.34. The van der Waals surface area contributed by atoms with Gasteiger partial charge in [0.25, 0.3) is 0 Å². The van der Waals surface area contributed by atoms with Gasteiger partial charge < -0.3 is 15.4 Å². The first kappa shape index (κ1) is 16.3. The van der Waals surface area contributed by atoms with Gasteiger partial charge in [-0.2, -0.15) is 5.26 Å². The number of amides is 2. The predicted octanol–water partition coefficient (Wildman–Crippen LogP) is 2.70. The maximum Gasteiger partial charge on any atom is 0.325 e. The first-order valence-corrected chi connectivity index (χ1v) is 7.19. The maximum absolute atomic E-state index is 12.0. The van der Waals surface area contributed by atoms with Crippen LogP contribution in [0.2, 0.25) is 0 Å². The van der Waals surface area contributed by atoms with E-state index >= 15 is 0 Å². The highest BCUT2D eigenvalue weighted by atomic mass is 16.5. The van der Waals surface area contributed by atoms with Gasteiger partial charge in [0.1, 0.15) is 12.6 Å². The van der Waals surface area contributed by atoms with Gasteiger partial charge in [0.2, 0.25) is 0 Å². The smallest absolute Gasteiger partial charge is 0.325 e. The highest BCUT2D eigenvalue weighted by Gasteiger charge is 2.14. The fourth-order valence-corrected chi connectivity index (χ4v) is 2.28. The zero-order chi connectivity index (χ0) is 16.8. The highest BCUT2D eigenvalue weighted by molar-refractivity contribution is 6.04. The summed E-state index contributed by atoms with van der Waals surface area (Å²) in [6.07, 6.45) is 0. The van der Waals surface area contributed by atoms with Crippen LogP contribution in [0.3, 0.4) is 0 Å². The van der Waals surface area contributed by atoms with Crippen LogP contribution in [0.1, 0.15) is 18.1 Å². The fourth-order valence-electron chi connectivity index (χ4n) is 2.28. The summed E-state index contributed by atoms with van der Waals surface area (Å²) in [5, 5.41) is 16.1. The van der Waals surface area contributed by atoms with Crippen LogP contribution in [0.4, 0.5) is 10.5 Å². The summed E-state index contributed by atoms with van der Waals surface area (Å²) in [5.41, 5.74) is 1.60. The molecule has 2 N–H and O–H groups in total. The van der Waals surface area contributed by atoms with Gasteiger partial charge in [0, 0.05) is 5.39 Å². The van der Waals surface area contributed by atoms with Crippen LogP contribution in [-0.4, -0.2) is 25.2 Å². The molecule has 0 aliphatic rings. The molecule has 0 aliphatic carbocycles. The summed E-state index contributed by atoms with van der Waals surface area (Å²) in [5.74, 6) is -0.516. The third-order valence-corrected chi connectivity index (χ3v) is 3.30. The van der Waals surface area contributed by atoms with E-state index in [1.165, 1.54) is 0 Å². The molecule has 0 bridgehead atoms. The van der Waals surface area contributed by atoms with Crippen molar-refractivity contribution in [1.82, 2.24) is 5.32 Å². The molecule has 0 fully saturated rings. The minimum Gasteiger partial charge on any atom is -0.465 e. The third kappa shape index (κ3) is 3.77. The molecule has 6 heteroatoms. The average molecular weight is 311 g/mol. The lowest BCUT2D eigenvalue weighted by Gasteiger charge is -2.13. The number of hydrogen-bond acceptors (Lipinski definition) is 4. The van der Waals surface area contributed by atoms with E-state index in [-0.39, 0.29) is 13.2 Å². The highest BCUT2D eigenvalue weighted by Crippen LogP contribution is 2.29. The standard InChI is InChI=1S/C17H17N3O3/c1-3-23-15(21)10-19-17(22)20-16-13-7-5-4-6-12(13)8-11(2)14(16)9-18/h4-8H,3,10H2,1-2H3,(H2,19,20,22). The van der Waals surface area contributed by atoms with Crippen molar-refractivity contribution in [2.75, 3.05) is 18.5 Å². The van der Waals surface area contributed by atoms with E-state index in [1.807, 2.05) is 37.3 Å². The van der Waals surface area contributed by atoms with Crippen LogP contribution in [0, 0.1) is 18.3 Å². The SMILES string of the molecule is CCOC(=O)CNC(=O)Nc1c(C#N)c(C)cc2ccccc12. The Hall–Kier alpha value is -3.07. The first-order valence-electron chi connectivity index (χ1n) is 7.19. The summed E-state index contributed by atoms with van der Waals surface area (Å²) in [6.45, 7) is 3.53. The number of urea groups is 1. The summed E-state index contributed by atoms with van der Waals surface area (Å²) >= 11 is 0. The molecule has 6 nitrogen and oxygen atoms in total. The van der Waals surface area contributed by atoms with Gasteiger partial charge in [-0.15, -0.1) is 0 Å². The molecule has 0 unspecified atom stereocenters. The minimum atomic E-state index is -0.565. The zero-order valence-electron chi connectivity index (χ0n) is 13.0. The Kier molecular flexibility index (Phi) is 5.15. The van der Waals surface area contributed by atoms with Crippen LogP contribution in [0.25, 0.3) is 10.8 Å². The molecule has 0 spiro atoms. The van der Waals surface area contributed by atoms with Crippen LogP contribution >= 0.6 is 0 Å². The molecule has 2 aromatic carbocycles. The van der Waals surface area contributed by atoms with Crippen molar-refractivity contribution < 1.29 is 14.3 Å². The number of aryl methyl sites for hydroxylation is 1. The number of anilines is 1. The topological polar surface area (TPSA) is 91.2 Å². The molecule has 118 valence electrons. The molecule has 0 aromatic heterocycles. The third-order valence-electron chi connectivity index (χ3n) is 3.30. The van der Waals surface area contributed by atoms with Crippen LogP contribution in [-0.2, 0) is 9.53 Å². The molecular weight excluding hydrogens is 294 g/mol. The second kappa shape index (κ2) is 7.27.